The lowest BCUT2D eigenvalue weighted by atomic mass is 10.1. The van der Waals surface area contributed by atoms with Gasteiger partial charge in [0.15, 0.2) is 4.34 Å². The van der Waals surface area contributed by atoms with Crippen molar-refractivity contribution in [3.8, 4) is 0 Å². The van der Waals surface area contributed by atoms with Crippen LogP contribution in [0.15, 0.2) is 57.2 Å². The van der Waals surface area contributed by atoms with Crippen LogP contribution in [-0.2, 0) is 7.05 Å². The fourth-order valence-electron chi connectivity index (χ4n) is 3.42. The maximum atomic E-state index is 12.8. The number of nitrogens with one attached hydrogen (secondary N) is 1. The summed E-state index contributed by atoms with van der Waals surface area (Å²) in [5.41, 5.74) is 3.05. The summed E-state index contributed by atoms with van der Waals surface area (Å²) >= 11 is 3.29. The Hall–Kier alpha value is -2.25. The number of hydrogen-bond acceptors (Lipinski definition) is 4. The van der Waals surface area contributed by atoms with Crippen LogP contribution in [0.3, 0.4) is 0 Å². The summed E-state index contributed by atoms with van der Waals surface area (Å²) in [6, 6.07) is 12.2. The number of carbonyl (C=O) groups is 1. The van der Waals surface area contributed by atoms with Crippen molar-refractivity contribution < 1.29 is 4.79 Å². The first kappa shape index (κ1) is 18.1. The second-order valence-electron chi connectivity index (χ2n) is 6.71. The molecule has 0 radical (unpaired) electrons. The van der Waals surface area contributed by atoms with Crippen LogP contribution in [0.2, 0.25) is 0 Å². The molecule has 0 saturated carbocycles. The highest BCUT2D eigenvalue weighted by molar-refractivity contribution is 8.01. The van der Waals surface area contributed by atoms with E-state index in [9.17, 15) is 4.79 Å². The van der Waals surface area contributed by atoms with Gasteiger partial charge in [0, 0.05) is 47.1 Å². The van der Waals surface area contributed by atoms with Gasteiger partial charge >= 0.3 is 6.03 Å². The first-order valence-corrected chi connectivity index (χ1v) is 10.7. The van der Waals surface area contributed by atoms with Gasteiger partial charge < -0.3 is 14.8 Å². The number of carbonyl (C=O) groups excluding carboxylic acids is 1. The topological polar surface area (TPSA) is 50.2 Å². The summed E-state index contributed by atoms with van der Waals surface area (Å²) in [4.78, 5) is 20.3. The quantitative estimate of drug-likeness (QED) is 0.648. The van der Waals surface area contributed by atoms with E-state index in [1.165, 1.54) is 5.69 Å². The van der Waals surface area contributed by atoms with E-state index in [4.69, 9.17) is 0 Å². The molecule has 0 spiro atoms. The van der Waals surface area contributed by atoms with E-state index in [0.29, 0.717) is 0 Å². The van der Waals surface area contributed by atoms with Crippen molar-refractivity contribution in [3.63, 3.8) is 0 Å². The van der Waals surface area contributed by atoms with E-state index in [1.54, 1.807) is 23.1 Å². The summed E-state index contributed by atoms with van der Waals surface area (Å²) < 4.78 is 3.13. The Balaban J connectivity index is 1.41. The predicted octanol–water partition coefficient (Wildman–Crippen LogP) is 5.31. The van der Waals surface area contributed by atoms with Crippen LogP contribution in [0.4, 0.5) is 10.5 Å². The SMILES string of the molecule is Cc1csc(Sc2ccc(NC(=O)N3CCC[C@@H]3c3cccn3C)cc2)n1. The van der Waals surface area contributed by atoms with Crippen molar-refractivity contribution >= 4 is 34.8 Å². The summed E-state index contributed by atoms with van der Waals surface area (Å²) in [7, 11) is 2.03. The Labute approximate surface area is 167 Å². The molecule has 0 bridgehead atoms. The molecular formula is C20H22N4OS2. The maximum absolute atomic E-state index is 12.8. The predicted molar refractivity (Wildman–Crippen MR) is 111 cm³/mol. The van der Waals surface area contributed by atoms with E-state index in [1.807, 2.05) is 55.4 Å². The summed E-state index contributed by atoms with van der Waals surface area (Å²) in [6.45, 7) is 2.79. The molecule has 3 aromatic rings. The molecule has 2 amide bonds. The molecule has 1 atom stereocenters. The van der Waals surface area contributed by atoms with Crippen LogP contribution in [0, 0.1) is 6.92 Å². The molecule has 0 aliphatic carbocycles. The molecule has 1 aliphatic rings. The Morgan fingerprint density at radius 1 is 1.30 bits per heavy atom. The van der Waals surface area contributed by atoms with Gasteiger partial charge in [-0.15, -0.1) is 11.3 Å². The van der Waals surface area contributed by atoms with Crippen molar-refractivity contribution in [3.05, 3.63) is 59.4 Å². The molecule has 27 heavy (non-hydrogen) atoms. The third kappa shape index (κ3) is 4.04. The van der Waals surface area contributed by atoms with Crippen LogP contribution >= 0.6 is 23.1 Å². The number of urea groups is 1. The Kier molecular flexibility index (Phi) is 5.22. The van der Waals surface area contributed by atoms with E-state index in [-0.39, 0.29) is 12.1 Å². The lowest BCUT2D eigenvalue weighted by Gasteiger charge is -2.25. The largest absolute Gasteiger partial charge is 0.353 e. The number of likely N-dealkylation sites (tertiary alicyclic amines) is 1. The molecule has 1 N–H and O–H groups in total. The number of aryl methyl sites for hydroxylation is 2. The zero-order chi connectivity index (χ0) is 18.8. The number of nitrogens with zero attached hydrogens (tertiary/aromatic N) is 3. The average molecular weight is 399 g/mol. The van der Waals surface area contributed by atoms with Crippen molar-refractivity contribution in [2.24, 2.45) is 7.05 Å². The monoisotopic (exact) mass is 398 g/mol. The first-order valence-electron chi connectivity index (χ1n) is 8.99. The molecule has 7 heteroatoms. The summed E-state index contributed by atoms with van der Waals surface area (Å²) in [5, 5.41) is 5.10. The summed E-state index contributed by atoms with van der Waals surface area (Å²) in [5.74, 6) is 0. The Morgan fingerprint density at radius 3 is 2.78 bits per heavy atom. The molecule has 140 valence electrons. The zero-order valence-electron chi connectivity index (χ0n) is 15.4. The smallest absolute Gasteiger partial charge is 0.322 e. The number of rotatable bonds is 4. The number of hydrogen-bond donors (Lipinski definition) is 1. The molecule has 3 heterocycles. The summed E-state index contributed by atoms with van der Waals surface area (Å²) in [6.07, 6.45) is 4.07. The Morgan fingerprint density at radius 2 is 2.11 bits per heavy atom. The number of anilines is 1. The third-order valence-electron chi connectivity index (χ3n) is 4.75. The minimum absolute atomic E-state index is 0.0327. The van der Waals surface area contributed by atoms with E-state index >= 15 is 0 Å². The first-order chi connectivity index (χ1) is 13.1. The normalized spacial score (nSPS) is 16.7. The van der Waals surface area contributed by atoms with E-state index in [0.717, 1.165) is 40.0 Å². The molecule has 2 aromatic heterocycles. The number of aromatic nitrogens is 2. The number of thiazole rings is 1. The maximum Gasteiger partial charge on any atom is 0.322 e. The second-order valence-corrected chi connectivity index (χ2v) is 8.89. The Bertz CT molecular complexity index is 932. The molecule has 1 aromatic carbocycles. The van der Waals surface area contributed by atoms with Gasteiger partial charge in [0.25, 0.3) is 0 Å². The average Bonchev–Trinajstić information content (AvgIpc) is 3.37. The van der Waals surface area contributed by atoms with Gasteiger partial charge in [0.05, 0.1) is 6.04 Å². The van der Waals surface area contributed by atoms with Crippen LogP contribution in [0.1, 0.15) is 30.3 Å². The van der Waals surface area contributed by atoms with Crippen molar-refractivity contribution in [2.45, 2.75) is 35.0 Å². The van der Waals surface area contributed by atoms with Crippen LogP contribution in [0.5, 0.6) is 0 Å². The third-order valence-corrected chi connectivity index (χ3v) is 6.81. The molecule has 0 unspecified atom stereocenters. The van der Waals surface area contributed by atoms with Crippen molar-refractivity contribution in [1.82, 2.24) is 14.5 Å². The van der Waals surface area contributed by atoms with Gasteiger partial charge in [-0.2, -0.15) is 0 Å². The van der Waals surface area contributed by atoms with Crippen LogP contribution in [0.25, 0.3) is 0 Å². The van der Waals surface area contributed by atoms with E-state index in [2.05, 4.69) is 26.3 Å². The lowest BCUT2D eigenvalue weighted by Crippen LogP contribution is -2.35. The highest BCUT2D eigenvalue weighted by atomic mass is 32.2. The van der Waals surface area contributed by atoms with Gasteiger partial charge in [-0.05, 0) is 56.2 Å². The highest BCUT2D eigenvalue weighted by Crippen LogP contribution is 2.33. The fourth-order valence-corrected chi connectivity index (χ4v) is 5.23. The highest BCUT2D eigenvalue weighted by Gasteiger charge is 2.31. The number of amides is 2. The van der Waals surface area contributed by atoms with E-state index < -0.39 is 0 Å². The molecule has 1 saturated heterocycles. The molecule has 1 fully saturated rings. The molecular weight excluding hydrogens is 376 g/mol. The van der Waals surface area contributed by atoms with Gasteiger partial charge in [-0.1, -0.05) is 11.8 Å². The standard InChI is InChI=1S/C20H22N4OS2/c1-14-13-26-20(21-14)27-16-9-7-15(8-10-16)22-19(25)24-12-4-6-18(24)17-5-3-11-23(17)2/h3,5,7-11,13,18H,4,6,12H2,1-2H3,(H,22,25)/t18-/m1/s1. The molecule has 5 nitrogen and oxygen atoms in total. The van der Waals surface area contributed by atoms with Crippen molar-refractivity contribution in [1.29, 1.82) is 0 Å². The second kappa shape index (κ2) is 7.78. The van der Waals surface area contributed by atoms with Crippen LogP contribution in [-0.4, -0.2) is 27.0 Å². The van der Waals surface area contributed by atoms with Crippen LogP contribution < -0.4 is 5.32 Å². The zero-order valence-corrected chi connectivity index (χ0v) is 17.0. The van der Waals surface area contributed by atoms with Gasteiger partial charge in [0.1, 0.15) is 0 Å². The number of benzene rings is 1. The van der Waals surface area contributed by atoms with Gasteiger partial charge in [-0.25, -0.2) is 9.78 Å². The lowest BCUT2D eigenvalue weighted by molar-refractivity contribution is 0.205. The molecule has 1 aliphatic heterocycles. The minimum atomic E-state index is -0.0327. The van der Waals surface area contributed by atoms with Gasteiger partial charge in [0.2, 0.25) is 0 Å². The molecule has 4 rings (SSSR count). The van der Waals surface area contributed by atoms with Crippen molar-refractivity contribution in [2.75, 3.05) is 11.9 Å². The fraction of sp³-hybridized carbons (Fsp3) is 0.300. The minimum Gasteiger partial charge on any atom is -0.353 e. The van der Waals surface area contributed by atoms with Gasteiger partial charge in [-0.3, -0.25) is 0 Å².